The predicted octanol–water partition coefficient (Wildman–Crippen LogP) is 3.66. The number of rotatable bonds is 8. The maximum absolute atomic E-state index is 6.26. The van der Waals surface area contributed by atoms with Crippen molar-refractivity contribution >= 4 is 11.6 Å². The Balaban J connectivity index is 2.81. The Kier molecular flexibility index (Phi) is 7.03. The summed E-state index contributed by atoms with van der Waals surface area (Å²) in [6.45, 7) is 5.59. The van der Waals surface area contributed by atoms with Crippen LogP contribution >= 0.6 is 11.6 Å². The highest BCUT2D eigenvalue weighted by atomic mass is 35.5. The van der Waals surface area contributed by atoms with E-state index < -0.39 is 0 Å². The summed E-state index contributed by atoms with van der Waals surface area (Å²) in [4.78, 5) is 0. The fourth-order valence-corrected chi connectivity index (χ4v) is 2.31. The number of methoxy groups -OCH3 is 1. The van der Waals surface area contributed by atoms with E-state index in [1.807, 2.05) is 12.1 Å². The normalized spacial score (nSPS) is 12.3. The minimum absolute atomic E-state index is 0.509. The molecule has 2 N–H and O–H groups in total. The van der Waals surface area contributed by atoms with Crippen LogP contribution in [0.3, 0.4) is 0 Å². The summed E-state index contributed by atoms with van der Waals surface area (Å²) in [6.07, 6.45) is 3.08. The van der Waals surface area contributed by atoms with Crippen molar-refractivity contribution in [2.75, 3.05) is 20.3 Å². The van der Waals surface area contributed by atoms with E-state index in [0.29, 0.717) is 35.6 Å². The van der Waals surface area contributed by atoms with Crippen molar-refractivity contribution in [2.45, 2.75) is 33.1 Å². The van der Waals surface area contributed by atoms with Crippen LogP contribution in [0.4, 0.5) is 0 Å². The average molecular weight is 286 g/mol. The molecule has 0 aliphatic heterocycles. The van der Waals surface area contributed by atoms with Gasteiger partial charge in [-0.2, -0.15) is 0 Å². The highest BCUT2D eigenvalue weighted by Crippen LogP contribution is 2.36. The Labute approximate surface area is 121 Å². The fourth-order valence-electron chi connectivity index (χ4n) is 2.03. The summed E-state index contributed by atoms with van der Waals surface area (Å²) in [7, 11) is 1.63. The number of hydrogen-bond acceptors (Lipinski definition) is 3. The Morgan fingerprint density at radius 2 is 2.11 bits per heavy atom. The van der Waals surface area contributed by atoms with Gasteiger partial charge in [-0.15, -0.1) is 0 Å². The summed E-state index contributed by atoms with van der Waals surface area (Å²) in [5, 5.41) is 0.589. The zero-order valence-electron chi connectivity index (χ0n) is 12.0. The summed E-state index contributed by atoms with van der Waals surface area (Å²) in [5.41, 5.74) is 6.62. The third kappa shape index (κ3) is 4.92. The van der Waals surface area contributed by atoms with Crippen LogP contribution in [0.15, 0.2) is 12.1 Å². The number of hydrogen-bond donors (Lipinski definition) is 1. The topological polar surface area (TPSA) is 44.5 Å². The molecule has 1 aromatic carbocycles. The SMILES string of the molecule is CCCC(C)COc1c(Cl)cc(CCN)cc1OC. The molecule has 0 radical (unpaired) electrons. The van der Waals surface area contributed by atoms with Crippen molar-refractivity contribution in [1.82, 2.24) is 0 Å². The van der Waals surface area contributed by atoms with Crippen LogP contribution in [-0.4, -0.2) is 20.3 Å². The quantitative estimate of drug-likeness (QED) is 0.793. The maximum atomic E-state index is 6.26. The number of halogens is 1. The van der Waals surface area contributed by atoms with Crippen LogP contribution in [0.5, 0.6) is 11.5 Å². The minimum atomic E-state index is 0.509. The minimum Gasteiger partial charge on any atom is -0.493 e. The van der Waals surface area contributed by atoms with Crippen LogP contribution in [0, 0.1) is 5.92 Å². The lowest BCUT2D eigenvalue weighted by atomic mass is 10.1. The lowest BCUT2D eigenvalue weighted by Gasteiger charge is -2.16. The van der Waals surface area contributed by atoms with Crippen molar-refractivity contribution < 1.29 is 9.47 Å². The van der Waals surface area contributed by atoms with Crippen LogP contribution in [0.2, 0.25) is 5.02 Å². The molecule has 4 heteroatoms. The van der Waals surface area contributed by atoms with Crippen LogP contribution in [0.1, 0.15) is 32.3 Å². The van der Waals surface area contributed by atoms with Gasteiger partial charge in [-0.05, 0) is 43.0 Å². The molecular formula is C15H24ClNO2. The summed E-state index contributed by atoms with van der Waals surface area (Å²) in [5.74, 6) is 1.82. The third-order valence-electron chi connectivity index (χ3n) is 3.02. The largest absolute Gasteiger partial charge is 0.493 e. The monoisotopic (exact) mass is 285 g/mol. The molecule has 108 valence electrons. The van der Waals surface area contributed by atoms with Crippen LogP contribution in [-0.2, 0) is 6.42 Å². The second-order valence-corrected chi connectivity index (χ2v) is 5.26. The second-order valence-electron chi connectivity index (χ2n) is 4.85. The van der Waals surface area contributed by atoms with E-state index in [1.54, 1.807) is 7.11 Å². The van der Waals surface area contributed by atoms with Gasteiger partial charge in [0.1, 0.15) is 0 Å². The Hall–Kier alpha value is -0.930. The van der Waals surface area contributed by atoms with Gasteiger partial charge in [0.2, 0.25) is 0 Å². The zero-order chi connectivity index (χ0) is 14.3. The molecule has 0 fully saturated rings. The van der Waals surface area contributed by atoms with Crippen molar-refractivity contribution in [1.29, 1.82) is 0 Å². The molecule has 0 aliphatic rings. The summed E-state index contributed by atoms with van der Waals surface area (Å²) < 4.78 is 11.2. The van der Waals surface area contributed by atoms with E-state index in [1.165, 1.54) is 0 Å². The van der Waals surface area contributed by atoms with Crippen molar-refractivity contribution in [3.8, 4) is 11.5 Å². The van der Waals surface area contributed by atoms with Gasteiger partial charge in [0.05, 0.1) is 18.7 Å². The van der Waals surface area contributed by atoms with Crippen molar-refractivity contribution in [3.05, 3.63) is 22.7 Å². The Bertz CT molecular complexity index is 396. The fraction of sp³-hybridized carbons (Fsp3) is 0.600. The first-order valence-corrected chi connectivity index (χ1v) is 7.19. The number of nitrogens with two attached hydrogens (primary N) is 1. The zero-order valence-corrected chi connectivity index (χ0v) is 12.8. The van der Waals surface area contributed by atoms with Gasteiger partial charge in [-0.1, -0.05) is 31.9 Å². The molecule has 0 spiro atoms. The van der Waals surface area contributed by atoms with E-state index in [0.717, 1.165) is 24.8 Å². The van der Waals surface area contributed by atoms with Crippen molar-refractivity contribution in [3.63, 3.8) is 0 Å². The predicted molar refractivity (Wildman–Crippen MR) is 80.3 cm³/mol. The van der Waals surface area contributed by atoms with Gasteiger partial charge in [-0.25, -0.2) is 0 Å². The molecule has 0 heterocycles. The lowest BCUT2D eigenvalue weighted by molar-refractivity contribution is 0.240. The van der Waals surface area contributed by atoms with E-state index in [-0.39, 0.29) is 0 Å². The maximum Gasteiger partial charge on any atom is 0.179 e. The van der Waals surface area contributed by atoms with E-state index in [4.69, 9.17) is 26.8 Å². The molecular weight excluding hydrogens is 262 g/mol. The molecule has 3 nitrogen and oxygen atoms in total. The average Bonchev–Trinajstić information content (AvgIpc) is 2.37. The second kappa shape index (κ2) is 8.28. The summed E-state index contributed by atoms with van der Waals surface area (Å²) in [6, 6.07) is 3.84. The molecule has 1 unspecified atom stereocenters. The first kappa shape index (κ1) is 16.1. The molecule has 19 heavy (non-hydrogen) atoms. The molecule has 0 bridgehead atoms. The molecule has 1 aromatic rings. The van der Waals surface area contributed by atoms with E-state index in [2.05, 4.69) is 13.8 Å². The Morgan fingerprint density at radius 1 is 1.37 bits per heavy atom. The molecule has 1 atom stereocenters. The molecule has 1 rings (SSSR count). The highest BCUT2D eigenvalue weighted by Gasteiger charge is 2.13. The van der Waals surface area contributed by atoms with Crippen LogP contribution < -0.4 is 15.2 Å². The van der Waals surface area contributed by atoms with Gasteiger partial charge >= 0.3 is 0 Å². The first-order valence-electron chi connectivity index (χ1n) is 6.81. The standard InChI is InChI=1S/C15H24ClNO2/c1-4-5-11(2)10-19-15-13(16)8-12(6-7-17)9-14(15)18-3/h8-9,11H,4-7,10,17H2,1-3H3. The van der Waals surface area contributed by atoms with E-state index in [9.17, 15) is 0 Å². The molecule has 0 aliphatic carbocycles. The van der Waals surface area contributed by atoms with E-state index >= 15 is 0 Å². The molecule has 0 saturated carbocycles. The molecule has 0 amide bonds. The molecule has 0 saturated heterocycles. The van der Waals surface area contributed by atoms with Gasteiger partial charge in [0.25, 0.3) is 0 Å². The third-order valence-corrected chi connectivity index (χ3v) is 3.30. The van der Waals surface area contributed by atoms with Gasteiger partial charge in [-0.3, -0.25) is 0 Å². The van der Waals surface area contributed by atoms with Gasteiger partial charge in [0.15, 0.2) is 11.5 Å². The number of benzene rings is 1. The molecule has 0 aromatic heterocycles. The highest BCUT2D eigenvalue weighted by molar-refractivity contribution is 6.32. The van der Waals surface area contributed by atoms with Gasteiger partial charge in [0, 0.05) is 0 Å². The van der Waals surface area contributed by atoms with Crippen LogP contribution in [0.25, 0.3) is 0 Å². The van der Waals surface area contributed by atoms with Gasteiger partial charge < -0.3 is 15.2 Å². The lowest BCUT2D eigenvalue weighted by Crippen LogP contribution is -2.09. The first-order chi connectivity index (χ1) is 9.12. The summed E-state index contributed by atoms with van der Waals surface area (Å²) >= 11 is 6.26. The Morgan fingerprint density at radius 3 is 2.68 bits per heavy atom. The number of ether oxygens (including phenoxy) is 2. The van der Waals surface area contributed by atoms with Crippen molar-refractivity contribution in [2.24, 2.45) is 11.7 Å². The smallest absolute Gasteiger partial charge is 0.179 e.